The first-order chi connectivity index (χ1) is 12.0. The van der Waals surface area contributed by atoms with Crippen LogP contribution in [0.5, 0.6) is 0 Å². The van der Waals surface area contributed by atoms with Gasteiger partial charge in [0.1, 0.15) is 11.6 Å². The van der Waals surface area contributed by atoms with E-state index in [1.165, 1.54) is 0 Å². The molecule has 2 aromatic rings. The topological polar surface area (TPSA) is 97.9 Å². The lowest BCUT2D eigenvalue weighted by Crippen LogP contribution is -2.33. The van der Waals surface area contributed by atoms with E-state index in [9.17, 15) is 4.79 Å². The van der Waals surface area contributed by atoms with E-state index in [-0.39, 0.29) is 18.4 Å². The Bertz CT molecular complexity index is 721. The molecule has 0 aromatic carbocycles. The largest absolute Gasteiger partial charge is 0.361 e. The van der Waals surface area contributed by atoms with Gasteiger partial charge in [-0.25, -0.2) is 0 Å². The zero-order valence-electron chi connectivity index (χ0n) is 15.1. The van der Waals surface area contributed by atoms with Gasteiger partial charge in [-0.2, -0.15) is 0 Å². The maximum atomic E-state index is 12.5. The highest BCUT2D eigenvalue weighted by Crippen LogP contribution is 2.21. The van der Waals surface area contributed by atoms with Crippen LogP contribution in [0.3, 0.4) is 0 Å². The van der Waals surface area contributed by atoms with Crippen LogP contribution in [0.2, 0.25) is 0 Å². The zero-order valence-corrected chi connectivity index (χ0v) is 15.1. The Morgan fingerprint density at radius 1 is 1.40 bits per heavy atom. The first kappa shape index (κ1) is 17.6. The quantitative estimate of drug-likeness (QED) is 0.815. The summed E-state index contributed by atoms with van der Waals surface area (Å²) in [6.07, 6.45) is 1.84. The molecule has 0 radical (unpaired) electrons. The molecular formula is C17H26N6O2. The third-order valence-corrected chi connectivity index (χ3v) is 4.26. The predicted octanol–water partition coefficient (Wildman–Crippen LogP) is 1.17. The van der Waals surface area contributed by atoms with Crippen LogP contribution < -0.4 is 10.6 Å². The number of carbonyl (C=O) groups excluding carboxylic acids is 1. The second kappa shape index (κ2) is 7.77. The van der Waals surface area contributed by atoms with Crippen molar-refractivity contribution in [3.63, 3.8) is 0 Å². The molecule has 8 heteroatoms. The van der Waals surface area contributed by atoms with Crippen LogP contribution in [0.15, 0.2) is 10.6 Å². The molecule has 3 rings (SSSR count). The number of nitrogens with one attached hydrogen (secondary N) is 2. The predicted molar refractivity (Wildman–Crippen MR) is 91.9 cm³/mol. The highest BCUT2D eigenvalue weighted by atomic mass is 16.5. The molecule has 136 valence electrons. The SMILES string of the molecule is Cc1cc(CC(=O)N[C@@H](CC(C)C)c2nnc3n2CCNCC3)on1. The van der Waals surface area contributed by atoms with Crippen LogP contribution in [-0.2, 0) is 24.2 Å². The van der Waals surface area contributed by atoms with Gasteiger partial charge in [0.2, 0.25) is 5.91 Å². The summed E-state index contributed by atoms with van der Waals surface area (Å²) in [7, 11) is 0. The van der Waals surface area contributed by atoms with E-state index in [2.05, 4.69) is 44.4 Å². The standard InChI is InChI=1S/C17H26N6O2/c1-11(2)8-14(19-16(24)10-13-9-12(3)22-25-13)17-21-20-15-4-5-18-6-7-23(15)17/h9,11,14,18H,4-8,10H2,1-3H3,(H,19,24)/t14-/m0/s1. The Kier molecular flexibility index (Phi) is 5.47. The lowest BCUT2D eigenvalue weighted by atomic mass is 10.0. The van der Waals surface area contributed by atoms with Gasteiger partial charge in [-0.1, -0.05) is 19.0 Å². The van der Waals surface area contributed by atoms with Crippen LogP contribution in [-0.4, -0.2) is 38.9 Å². The Morgan fingerprint density at radius 2 is 2.24 bits per heavy atom. The number of rotatable bonds is 6. The second-order valence-electron chi connectivity index (χ2n) is 6.99. The average Bonchev–Trinajstić information content (AvgIpc) is 3.05. The number of amides is 1. The molecule has 1 atom stereocenters. The van der Waals surface area contributed by atoms with Crippen molar-refractivity contribution < 1.29 is 9.32 Å². The van der Waals surface area contributed by atoms with Crippen molar-refractivity contribution in [1.29, 1.82) is 0 Å². The fraction of sp³-hybridized carbons (Fsp3) is 0.647. The molecule has 2 N–H and O–H groups in total. The smallest absolute Gasteiger partial charge is 0.228 e. The van der Waals surface area contributed by atoms with Gasteiger partial charge in [0, 0.05) is 32.1 Å². The molecule has 0 aliphatic carbocycles. The van der Waals surface area contributed by atoms with Crippen LogP contribution >= 0.6 is 0 Å². The van der Waals surface area contributed by atoms with E-state index < -0.39 is 0 Å². The fourth-order valence-corrected chi connectivity index (χ4v) is 3.16. The van der Waals surface area contributed by atoms with Gasteiger partial charge in [-0.15, -0.1) is 10.2 Å². The van der Waals surface area contributed by atoms with Crippen molar-refractivity contribution >= 4 is 5.91 Å². The molecule has 1 aliphatic rings. The summed E-state index contributed by atoms with van der Waals surface area (Å²) in [6.45, 7) is 8.73. The molecule has 1 aliphatic heterocycles. The monoisotopic (exact) mass is 346 g/mol. The maximum Gasteiger partial charge on any atom is 0.228 e. The number of hydrogen-bond donors (Lipinski definition) is 2. The summed E-state index contributed by atoms with van der Waals surface area (Å²) >= 11 is 0. The highest BCUT2D eigenvalue weighted by molar-refractivity contribution is 5.78. The molecule has 25 heavy (non-hydrogen) atoms. The third-order valence-electron chi connectivity index (χ3n) is 4.26. The van der Waals surface area contributed by atoms with Crippen molar-refractivity contribution in [2.75, 3.05) is 13.1 Å². The Balaban J connectivity index is 1.75. The number of fused-ring (bicyclic) bond motifs is 1. The second-order valence-corrected chi connectivity index (χ2v) is 6.99. The van der Waals surface area contributed by atoms with E-state index in [4.69, 9.17) is 4.52 Å². The van der Waals surface area contributed by atoms with Crippen LogP contribution in [0.4, 0.5) is 0 Å². The van der Waals surface area contributed by atoms with Crippen molar-refractivity contribution in [3.05, 3.63) is 29.2 Å². The summed E-state index contributed by atoms with van der Waals surface area (Å²) in [6, 6.07) is 1.63. The molecule has 0 bridgehead atoms. The number of aryl methyl sites for hydroxylation is 1. The first-order valence-electron chi connectivity index (χ1n) is 8.87. The third kappa shape index (κ3) is 4.45. The minimum absolute atomic E-state index is 0.0918. The van der Waals surface area contributed by atoms with Gasteiger partial charge < -0.3 is 19.7 Å². The number of nitrogens with zero attached hydrogens (tertiary/aromatic N) is 4. The van der Waals surface area contributed by atoms with E-state index in [0.717, 1.165) is 49.8 Å². The summed E-state index contributed by atoms with van der Waals surface area (Å²) in [4.78, 5) is 12.5. The zero-order chi connectivity index (χ0) is 17.8. The van der Waals surface area contributed by atoms with Crippen molar-refractivity contribution in [2.24, 2.45) is 5.92 Å². The van der Waals surface area contributed by atoms with Crippen LogP contribution in [0.25, 0.3) is 0 Å². The average molecular weight is 346 g/mol. The summed E-state index contributed by atoms with van der Waals surface area (Å²) in [5, 5.41) is 19.0. The van der Waals surface area contributed by atoms with E-state index >= 15 is 0 Å². The van der Waals surface area contributed by atoms with E-state index in [1.54, 1.807) is 6.07 Å². The molecule has 3 heterocycles. The van der Waals surface area contributed by atoms with Gasteiger partial charge in [-0.3, -0.25) is 4.79 Å². The molecule has 0 spiro atoms. The van der Waals surface area contributed by atoms with Gasteiger partial charge in [0.05, 0.1) is 18.2 Å². The Labute approximate surface area is 147 Å². The van der Waals surface area contributed by atoms with Crippen molar-refractivity contribution in [3.8, 4) is 0 Å². The van der Waals surface area contributed by atoms with E-state index in [0.29, 0.717) is 11.7 Å². The lowest BCUT2D eigenvalue weighted by Gasteiger charge is -2.21. The number of aromatic nitrogens is 4. The van der Waals surface area contributed by atoms with Gasteiger partial charge in [-0.05, 0) is 19.3 Å². The highest BCUT2D eigenvalue weighted by Gasteiger charge is 2.25. The van der Waals surface area contributed by atoms with Gasteiger partial charge in [0.25, 0.3) is 0 Å². The first-order valence-corrected chi connectivity index (χ1v) is 8.87. The molecule has 0 saturated heterocycles. The molecular weight excluding hydrogens is 320 g/mol. The summed E-state index contributed by atoms with van der Waals surface area (Å²) < 4.78 is 7.29. The molecule has 0 unspecified atom stereocenters. The normalized spacial score (nSPS) is 15.7. The molecule has 0 saturated carbocycles. The molecule has 1 amide bonds. The lowest BCUT2D eigenvalue weighted by molar-refractivity contribution is -0.121. The van der Waals surface area contributed by atoms with Crippen LogP contribution in [0.1, 0.15) is 49.4 Å². The van der Waals surface area contributed by atoms with Crippen LogP contribution in [0, 0.1) is 12.8 Å². The minimum atomic E-state index is -0.157. The molecule has 2 aromatic heterocycles. The minimum Gasteiger partial charge on any atom is -0.361 e. The fourth-order valence-electron chi connectivity index (χ4n) is 3.16. The molecule has 8 nitrogen and oxygen atoms in total. The van der Waals surface area contributed by atoms with E-state index in [1.807, 2.05) is 6.92 Å². The van der Waals surface area contributed by atoms with Gasteiger partial charge >= 0.3 is 0 Å². The number of carbonyl (C=O) groups is 1. The number of hydrogen-bond acceptors (Lipinski definition) is 6. The summed E-state index contributed by atoms with van der Waals surface area (Å²) in [5.74, 6) is 2.73. The van der Waals surface area contributed by atoms with Crippen molar-refractivity contribution in [1.82, 2.24) is 30.6 Å². The summed E-state index contributed by atoms with van der Waals surface area (Å²) in [5.41, 5.74) is 0.775. The Hall–Kier alpha value is -2.22. The molecule has 0 fully saturated rings. The van der Waals surface area contributed by atoms with Crippen molar-refractivity contribution in [2.45, 2.75) is 52.6 Å². The maximum absolute atomic E-state index is 12.5. The van der Waals surface area contributed by atoms with Gasteiger partial charge in [0.15, 0.2) is 5.82 Å². The Morgan fingerprint density at radius 3 is 2.96 bits per heavy atom.